The molecule has 1 fully saturated rings. The number of aliphatic hydroxyl groups is 1. The molecule has 18 nitrogen and oxygen atoms in total. The summed E-state index contributed by atoms with van der Waals surface area (Å²) in [6.07, 6.45) is -3.71. The number of aryl methyl sites for hydroxylation is 1. The topological polar surface area (TPSA) is 280 Å². The van der Waals surface area contributed by atoms with Crippen LogP contribution in [-0.4, -0.2) is 123 Å². The lowest BCUT2D eigenvalue weighted by Gasteiger charge is -2.50. The molecule has 1 heterocycles. The average Bonchev–Trinajstić information content (AvgIpc) is 3.08. The van der Waals surface area contributed by atoms with Crippen molar-refractivity contribution < 1.29 is 73.8 Å². The van der Waals surface area contributed by atoms with Crippen LogP contribution in [0.1, 0.15) is 75.4 Å². The number of nitrogens with zero attached hydrogens (tertiary/aromatic N) is 2. The molecule has 7 N–H and O–H groups in total. The number of carbonyl (C=O) groups is 5. The smallest absolute Gasteiger partial charge is 0.339 e. The van der Waals surface area contributed by atoms with Crippen molar-refractivity contribution in [3.05, 3.63) is 68.4 Å². The van der Waals surface area contributed by atoms with E-state index in [1.54, 1.807) is 6.92 Å². The van der Waals surface area contributed by atoms with E-state index in [2.05, 4.69) is 15.6 Å². The number of hydrogen-bond acceptors (Lipinski definition) is 17. The number of aromatic carboxylic acids is 1. The van der Waals surface area contributed by atoms with Crippen LogP contribution < -0.4 is 5.32 Å². The first-order valence-electron chi connectivity index (χ1n) is 15.2. The summed E-state index contributed by atoms with van der Waals surface area (Å²) in [5, 5.41) is 73.9. The number of aromatic hydroxyl groups is 2. The van der Waals surface area contributed by atoms with Gasteiger partial charge in [0.1, 0.15) is 40.7 Å². The maximum Gasteiger partial charge on any atom is 0.339 e. The molecule has 0 amide bonds. The molecular formula is C33H31N3O15. The molecule has 0 spiro atoms. The van der Waals surface area contributed by atoms with Gasteiger partial charge in [0, 0.05) is 50.5 Å². The normalized spacial score (nSPS) is 30.0. The third-order valence-electron chi connectivity index (χ3n) is 9.85. The Morgan fingerprint density at radius 2 is 1.63 bits per heavy atom. The number of carbonyl (C=O) groups excluding carboxylic acids is 4. The van der Waals surface area contributed by atoms with Crippen molar-refractivity contribution >= 4 is 40.5 Å². The van der Waals surface area contributed by atoms with Crippen LogP contribution in [0, 0.1) is 6.92 Å². The Kier molecular flexibility index (Phi) is 8.35. The maximum absolute atomic E-state index is 14.6. The second-order valence-corrected chi connectivity index (χ2v) is 12.3. The first kappa shape index (κ1) is 35.3. The highest BCUT2D eigenvalue weighted by molar-refractivity contribution is 6.36. The predicted octanol–water partition coefficient (Wildman–Crippen LogP) is 0.600. The molecule has 3 aliphatic carbocycles. The van der Waals surface area contributed by atoms with Crippen molar-refractivity contribution in [1.82, 2.24) is 5.32 Å². The van der Waals surface area contributed by atoms with Crippen molar-refractivity contribution in [1.29, 1.82) is 0 Å². The zero-order valence-electron chi connectivity index (χ0n) is 27.5. The standard InChI is InChI=1S/C33H31N3O15/c1-10-6-12-7-17(35-46)33(50-5)29(42)20-14(28(41)32(33,45)21(12)25(40)18(10)31(43)44)8-13-19(24(20)39)16(37)9-15(23(13)38)34-30-27(49-4)22(36-47)26(48-3)11(2)51-30/h6,8-9,11,26-27,30,34,39-40,45-47H,7H2,1-5H3,(H,43,44)/b35-17?,36-22-/t11-,26-,27+,30-,32?,33?/m0/s1. The number of ketones is 4. The van der Waals surface area contributed by atoms with E-state index in [4.69, 9.17) is 18.9 Å². The SMILES string of the molecule is CO[C@@H]1/C(=N/O)[C@@H](OC)[C@@H](NC2=CC(=O)c3c(cc4c(c3O)C(=O)C3(OC)C(=NO)Cc5cc(C)c(C(=O)O)c(O)c5C3(O)C4=O)C2=O)O[C@H]1C. The number of carboxylic acid groups (broad SMARTS) is 1. The number of phenolic OH excluding ortho intramolecular Hbond substituents is 1. The van der Waals surface area contributed by atoms with Crippen LogP contribution in [0.5, 0.6) is 11.5 Å². The molecule has 18 heteroatoms. The first-order valence-corrected chi connectivity index (χ1v) is 15.2. The number of rotatable bonds is 6. The number of nitrogens with one attached hydrogen (secondary N) is 1. The summed E-state index contributed by atoms with van der Waals surface area (Å²) in [6.45, 7) is 2.92. The minimum atomic E-state index is -3.34. The van der Waals surface area contributed by atoms with Crippen LogP contribution in [0.3, 0.4) is 0 Å². The Bertz CT molecular complexity index is 2070. The van der Waals surface area contributed by atoms with Crippen molar-refractivity contribution in [3.63, 3.8) is 0 Å². The predicted molar refractivity (Wildman–Crippen MR) is 168 cm³/mol. The molecule has 1 saturated heterocycles. The third-order valence-corrected chi connectivity index (χ3v) is 9.85. The summed E-state index contributed by atoms with van der Waals surface area (Å²) in [7, 11) is 3.48. The largest absolute Gasteiger partial charge is 0.507 e. The first-order chi connectivity index (χ1) is 24.1. The molecule has 6 rings (SSSR count). The Morgan fingerprint density at radius 3 is 2.20 bits per heavy atom. The molecule has 2 aromatic carbocycles. The second-order valence-electron chi connectivity index (χ2n) is 12.3. The molecule has 2 aromatic rings. The Hall–Kier alpha value is -5.53. The number of allylic oxidation sites excluding steroid dienone is 2. The molecule has 4 aliphatic rings. The molecule has 268 valence electrons. The number of carboxylic acids is 1. The summed E-state index contributed by atoms with van der Waals surface area (Å²) < 4.78 is 22.1. The molecule has 51 heavy (non-hydrogen) atoms. The van der Waals surface area contributed by atoms with Gasteiger partial charge in [-0.25, -0.2) is 4.79 Å². The fraction of sp³-hybridized carbons (Fsp3) is 0.364. The van der Waals surface area contributed by atoms with Crippen LogP contribution in [0.4, 0.5) is 0 Å². The number of ether oxygens (including phenoxy) is 4. The number of benzene rings is 2. The van der Waals surface area contributed by atoms with Crippen molar-refractivity contribution in [3.8, 4) is 11.5 Å². The van der Waals surface area contributed by atoms with Gasteiger partial charge in [0.2, 0.25) is 23.0 Å². The second kappa shape index (κ2) is 12.1. The summed E-state index contributed by atoms with van der Waals surface area (Å²) >= 11 is 0. The van der Waals surface area contributed by atoms with E-state index in [0.29, 0.717) is 0 Å². The van der Waals surface area contributed by atoms with Crippen LogP contribution in [0.2, 0.25) is 0 Å². The van der Waals surface area contributed by atoms with E-state index < -0.39 is 128 Å². The van der Waals surface area contributed by atoms with Crippen LogP contribution in [0.15, 0.2) is 34.2 Å². The highest BCUT2D eigenvalue weighted by Gasteiger charge is 2.72. The quantitative estimate of drug-likeness (QED) is 0.160. The van der Waals surface area contributed by atoms with Gasteiger partial charge >= 0.3 is 5.97 Å². The lowest BCUT2D eigenvalue weighted by molar-refractivity contribution is -0.129. The number of fused-ring (bicyclic) bond motifs is 5. The van der Waals surface area contributed by atoms with Crippen molar-refractivity contribution in [2.45, 2.75) is 56.0 Å². The fourth-order valence-electron chi connectivity index (χ4n) is 7.67. The van der Waals surface area contributed by atoms with E-state index in [9.17, 15) is 54.8 Å². The molecule has 6 atom stereocenters. The summed E-state index contributed by atoms with van der Waals surface area (Å²) in [5.41, 5.74) is -11.9. The average molecular weight is 710 g/mol. The van der Waals surface area contributed by atoms with Crippen molar-refractivity contribution in [2.24, 2.45) is 10.3 Å². The van der Waals surface area contributed by atoms with Gasteiger partial charge in [0.15, 0.2) is 17.6 Å². The molecule has 0 aromatic heterocycles. The summed E-state index contributed by atoms with van der Waals surface area (Å²) in [5.74, 6) is -8.73. The van der Waals surface area contributed by atoms with Crippen LogP contribution in [-0.2, 0) is 31.0 Å². The van der Waals surface area contributed by atoms with Crippen LogP contribution in [0.25, 0.3) is 0 Å². The van der Waals surface area contributed by atoms with Gasteiger partial charge in [-0.1, -0.05) is 16.4 Å². The number of phenols is 2. The fourth-order valence-corrected chi connectivity index (χ4v) is 7.67. The van der Waals surface area contributed by atoms with E-state index in [1.807, 2.05) is 0 Å². The van der Waals surface area contributed by atoms with Gasteiger partial charge < -0.3 is 55.1 Å². The van der Waals surface area contributed by atoms with Gasteiger partial charge in [0.25, 0.3) is 0 Å². The summed E-state index contributed by atoms with van der Waals surface area (Å²) in [4.78, 5) is 68.7. The molecule has 0 bridgehead atoms. The van der Waals surface area contributed by atoms with Gasteiger partial charge in [-0.2, -0.15) is 0 Å². The van der Waals surface area contributed by atoms with Crippen LogP contribution >= 0.6 is 0 Å². The van der Waals surface area contributed by atoms with Gasteiger partial charge in [-0.15, -0.1) is 0 Å². The number of methoxy groups -OCH3 is 3. The third kappa shape index (κ3) is 4.44. The molecule has 2 unspecified atom stereocenters. The van der Waals surface area contributed by atoms with Gasteiger partial charge in [-0.3, -0.25) is 19.2 Å². The van der Waals surface area contributed by atoms with Gasteiger partial charge in [0.05, 0.1) is 22.9 Å². The van der Waals surface area contributed by atoms with E-state index >= 15 is 0 Å². The minimum absolute atomic E-state index is 0.000539. The number of hydrogen-bond donors (Lipinski definition) is 7. The zero-order chi connectivity index (χ0) is 37.5. The maximum atomic E-state index is 14.6. The van der Waals surface area contributed by atoms with Crippen molar-refractivity contribution in [2.75, 3.05) is 21.3 Å². The van der Waals surface area contributed by atoms with E-state index in [0.717, 1.165) is 19.3 Å². The lowest BCUT2D eigenvalue weighted by atomic mass is 9.57. The van der Waals surface area contributed by atoms with E-state index in [1.165, 1.54) is 27.2 Å². The monoisotopic (exact) mass is 709 g/mol. The number of Topliss-reactive ketones (excluding diaryl/α,β-unsaturated/α-hetero) is 3. The summed E-state index contributed by atoms with van der Waals surface area (Å²) in [6, 6.07) is 2.01. The zero-order valence-corrected chi connectivity index (χ0v) is 27.5. The molecule has 1 aliphatic heterocycles. The highest BCUT2D eigenvalue weighted by atomic mass is 16.6. The highest BCUT2D eigenvalue weighted by Crippen LogP contribution is 2.55. The Balaban J connectivity index is 1.53. The molecule has 0 saturated carbocycles. The lowest BCUT2D eigenvalue weighted by Crippen LogP contribution is -2.71. The number of oxime groups is 2. The molecular weight excluding hydrogens is 678 g/mol. The molecule has 0 radical (unpaired) electrons. The van der Waals surface area contributed by atoms with E-state index in [-0.39, 0.29) is 16.8 Å². The Morgan fingerprint density at radius 1 is 0.961 bits per heavy atom. The van der Waals surface area contributed by atoms with Gasteiger partial charge in [-0.05, 0) is 31.0 Å². The minimum Gasteiger partial charge on any atom is -0.507 e. The Labute approximate surface area is 287 Å².